The van der Waals surface area contributed by atoms with Crippen LogP contribution >= 0.6 is 0 Å². The lowest BCUT2D eigenvalue weighted by Crippen LogP contribution is -2.18. The van der Waals surface area contributed by atoms with Gasteiger partial charge in [-0.1, -0.05) is 36.4 Å². The Morgan fingerprint density at radius 3 is 2.44 bits per heavy atom. The third-order valence-corrected chi connectivity index (χ3v) is 2.78. The van der Waals surface area contributed by atoms with Gasteiger partial charge in [0, 0.05) is 11.9 Å². The molecule has 0 fully saturated rings. The normalized spacial score (nSPS) is 12.4. The summed E-state index contributed by atoms with van der Waals surface area (Å²) in [6.45, 7) is 2.04. The first kappa shape index (κ1) is 10.8. The largest absolute Gasteiger partial charge is 0.309 e. The van der Waals surface area contributed by atoms with Crippen molar-refractivity contribution < 1.29 is 0 Å². The van der Waals surface area contributed by atoms with Crippen LogP contribution in [0, 0.1) is 6.92 Å². The molecule has 1 heterocycles. The molecule has 2 rings (SSSR count). The fourth-order valence-electron chi connectivity index (χ4n) is 1.95. The number of aromatic nitrogens is 1. The zero-order valence-electron chi connectivity index (χ0n) is 9.64. The summed E-state index contributed by atoms with van der Waals surface area (Å²) >= 11 is 0. The van der Waals surface area contributed by atoms with E-state index in [0.717, 1.165) is 5.69 Å². The average molecular weight is 212 g/mol. The first-order chi connectivity index (χ1) is 7.83. The maximum Gasteiger partial charge on any atom is 0.0592 e. The summed E-state index contributed by atoms with van der Waals surface area (Å²) in [5.41, 5.74) is 3.57. The van der Waals surface area contributed by atoms with Gasteiger partial charge in [-0.3, -0.25) is 4.98 Å². The first-order valence-electron chi connectivity index (χ1n) is 5.46. The van der Waals surface area contributed by atoms with Crippen LogP contribution < -0.4 is 5.32 Å². The van der Waals surface area contributed by atoms with Gasteiger partial charge >= 0.3 is 0 Å². The Hall–Kier alpha value is -1.67. The van der Waals surface area contributed by atoms with Crippen LogP contribution in [-0.2, 0) is 0 Å². The lowest BCUT2D eigenvalue weighted by molar-refractivity contribution is 0.683. The van der Waals surface area contributed by atoms with E-state index in [1.165, 1.54) is 11.1 Å². The van der Waals surface area contributed by atoms with Crippen LogP contribution in [0.5, 0.6) is 0 Å². The lowest BCUT2D eigenvalue weighted by Gasteiger charge is -2.18. The van der Waals surface area contributed by atoms with Crippen LogP contribution in [0.4, 0.5) is 0 Å². The Labute approximate surface area is 96.4 Å². The minimum absolute atomic E-state index is 0.218. The maximum atomic E-state index is 4.33. The van der Waals surface area contributed by atoms with Gasteiger partial charge < -0.3 is 5.32 Å². The van der Waals surface area contributed by atoms with Gasteiger partial charge in [0.25, 0.3) is 0 Å². The highest BCUT2D eigenvalue weighted by Crippen LogP contribution is 2.22. The molecule has 82 valence electrons. The van der Waals surface area contributed by atoms with Crippen molar-refractivity contribution >= 4 is 0 Å². The predicted octanol–water partition coefficient (Wildman–Crippen LogP) is 2.70. The molecular formula is C14H16N2. The van der Waals surface area contributed by atoms with Crippen molar-refractivity contribution in [1.82, 2.24) is 10.3 Å². The third kappa shape index (κ3) is 2.12. The van der Waals surface area contributed by atoms with Gasteiger partial charge in [0.2, 0.25) is 0 Å². The summed E-state index contributed by atoms with van der Waals surface area (Å²) < 4.78 is 0. The molecule has 0 spiro atoms. The standard InChI is InChI=1S/C14H16N2/c1-11-13(9-6-10-16-11)14(15-2)12-7-4-3-5-8-12/h3-10,14-15H,1-2H3. The van der Waals surface area contributed by atoms with Gasteiger partial charge in [-0.25, -0.2) is 0 Å². The molecular weight excluding hydrogens is 196 g/mol. The number of hydrogen-bond acceptors (Lipinski definition) is 2. The van der Waals surface area contributed by atoms with E-state index in [0.29, 0.717) is 0 Å². The highest BCUT2D eigenvalue weighted by atomic mass is 14.9. The minimum Gasteiger partial charge on any atom is -0.309 e. The van der Waals surface area contributed by atoms with Gasteiger partial charge in [0.05, 0.1) is 6.04 Å². The number of rotatable bonds is 3. The smallest absolute Gasteiger partial charge is 0.0592 e. The number of nitrogens with zero attached hydrogens (tertiary/aromatic N) is 1. The van der Waals surface area contributed by atoms with Gasteiger partial charge in [-0.2, -0.15) is 0 Å². The van der Waals surface area contributed by atoms with Gasteiger partial charge in [0.15, 0.2) is 0 Å². The zero-order chi connectivity index (χ0) is 11.4. The molecule has 1 unspecified atom stereocenters. The molecule has 1 aromatic carbocycles. The molecule has 1 N–H and O–H groups in total. The predicted molar refractivity (Wildman–Crippen MR) is 66.3 cm³/mol. The van der Waals surface area contributed by atoms with Crippen LogP contribution in [-0.4, -0.2) is 12.0 Å². The van der Waals surface area contributed by atoms with Gasteiger partial charge in [0.1, 0.15) is 0 Å². The molecule has 0 saturated carbocycles. The van der Waals surface area contributed by atoms with Crippen molar-refractivity contribution in [2.24, 2.45) is 0 Å². The van der Waals surface area contributed by atoms with E-state index in [4.69, 9.17) is 0 Å². The van der Waals surface area contributed by atoms with E-state index in [-0.39, 0.29) is 6.04 Å². The van der Waals surface area contributed by atoms with E-state index < -0.39 is 0 Å². The summed E-state index contributed by atoms with van der Waals surface area (Å²) in [4.78, 5) is 4.33. The molecule has 0 aliphatic heterocycles. The number of aryl methyl sites for hydroxylation is 1. The van der Waals surface area contributed by atoms with Crippen LogP contribution in [0.1, 0.15) is 22.9 Å². The van der Waals surface area contributed by atoms with Gasteiger partial charge in [-0.05, 0) is 31.2 Å². The number of pyridine rings is 1. The van der Waals surface area contributed by atoms with Gasteiger partial charge in [-0.15, -0.1) is 0 Å². The molecule has 2 nitrogen and oxygen atoms in total. The van der Waals surface area contributed by atoms with Crippen molar-refractivity contribution in [2.45, 2.75) is 13.0 Å². The Balaban J connectivity index is 2.41. The highest BCUT2D eigenvalue weighted by Gasteiger charge is 2.13. The van der Waals surface area contributed by atoms with Crippen molar-refractivity contribution in [3.8, 4) is 0 Å². The average Bonchev–Trinajstić information content (AvgIpc) is 2.34. The summed E-state index contributed by atoms with van der Waals surface area (Å²) in [5.74, 6) is 0. The molecule has 16 heavy (non-hydrogen) atoms. The third-order valence-electron chi connectivity index (χ3n) is 2.78. The Bertz CT molecular complexity index is 451. The Morgan fingerprint density at radius 1 is 1.06 bits per heavy atom. The molecule has 0 amide bonds. The molecule has 2 aromatic rings. The van der Waals surface area contributed by atoms with Crippen molar-refractivity contribution in [2.75, 3.05) is 7.05 Å². The lowest BCUT2D eigenvalue weighted by atomic mass is 9.98. The van der Waals surface area contributed by atoms with Crippen LogP contribution in [0.15, 0.2) is 48.7 Å². The van der Waals surface area contributed by atoms with Crippen LogP contribution in [0.3, 0.4) is 0 Å². The second kappa shape index (κ2) is 4.90. The highest BCUT2D eigenvalue weighted by molar-refractivity contribution is 5.33. The van der Waals surface area contributed by atoms with E-state index in [9.17, 15) is 0 Å². The van der Waals surface area contributed by atoms with E-state index in [1.807, 2.05) is 32.3 Å². The summed E-state index contributed by atoms with van der Waals surface area (Å²) in [7, 11) is 1.98. The SMILES string of the molecule is CNC(c1ccccc1)c1cccnc1C. The van der Waals surface area contributed by atoms with E-state index in [2.05, 4.69) is 40.6 Å². The fraction of sp³-hybridized carbons (Fsp3) is 0.214. The summed E-state index contributed by atoms with van der Waals surface area (Å²) in [6, 6.07) is 14.7. The first-order valence-corrected chi connectivity index (χ1v) is 5.46. The summed E-state index contributed by atoms with van der Waals surface area (Å²) in [6.07, 6.45) is 1.83. The Morgan fingerprint density at radius 2 is 1.81 bits per heavy atom. The quantitative estimate of drug-likeness (QED) is 0.846. The monoisotopic (exact) mass is 212 g/mol. The molecule has 2 heteroatoms. The second-order valence-corrected chi connectivity index (χ2v) is 3.81. The molecule has 0 bridgehead atoms. The number of nitrogens with one attached hydrogen (secondary N) is 1. The molecule has 0 saturated heterocycles. The van der Waals surface area contributed by atoms with E-state index >= 15 is 0 Å². The molecule has 1 atom stereocenters. The fourth-order valence-corrected chi connectivity index (χ4v) is 1.95. The molecule has 0 aliphatic carbocycles. The number of benzene rings is 1. The van der Waals surface area contributed by atoms with E-state index in [1.54, 1.807) is 0 Å². The molecule has 0 radical (unpaired) electrons. The molecule has 0 aliphatic rings. The summed E-state index contributed by atoms with van der Waals surface area (Å²) in [5, 5.41) is 3.34. The van der Waals surface area contributed by atoms with Crippen LogP contribution in [0.2, 0.25) is 0 Å². The topological polar surface area (TPSA) is 24.9 Å². The van der Waals surface area contributed by atoms with Crippen molar-refractivity contribution in [3.05, 3.63) is 65.5 Å². The van der Waals surface area contributed by atoms with Crippen molar-refractivity contribution in [3.63, 3.8) is 0 Å². The van der Waals surface area contributed by atoms with Crippen LogP contribution in [0.25, 0.3) is 0 Å². The molecule has 1 aromatic heterocycles. The second-order valence-electron chi connectivity index (χ2n) is 3.81. The number of hydrogen-bond donors (Lipinski definition) is 1. The zero-order valence-corrected chi connectivity index (χ0v) is 9.64. The van der Waals surface area contributed by atoms with Crippen molar-refractivity contribution in [1.29, 1.82) is 0 Å². The minimum atomic E-state index is 0.218. The Kier molecular flexibility index (Phi) is 3.32. The maximum absolute atomic E-state index is 4.33.